The van der Waals surface area contributed by atoms with E-state index in [1.165, 1.54) is 0 Å². The van der Waals surface area contributed by atoms with E-state index in [-0.39, 0.29) is 5.41 Å². The quantitative estimate of drug-likeness (QED) is 0.842. The summed E-state index contributed by atoms with van der Waals surface area (Å²) in [5.74, 6) is 1.50. The van der Waals surface area contributed by atoms with Gasteiger partial charge in [0.2, 0.25) is 0 Å². The van der Waals surface area contributed by atoms with Crippen LogP contribution in [0.3, 0.4) is 0 Å². The second-order valence-corrected chi connectivity index (χ2v) is 6.90. The number of fused-ring (bicyclic) bond motifs is 1. The molecular weight excluding hydrogens is 312 g/mol. The fourth-order valence-corrected chi connectivity index (χ4v) is 3.17. The molecule has 1 aliphatic rings. The van der Waals surface area contributed by atoms with Crippen molar-refractivity contribution in [2.75, 3.05) is 13.7 Å². The van der Waals surface area contributed by atoms with E-state index >= 15 is 0 Å². The van der Waals surface area contributed by atoms with E-state index in [0.29, 0.717) is 17.3 Å². The molecule has 23 heavy (non-hydrogen) atoms. The van der Waals surface area contributed by atoms with Crippen LogP contribution in [0.5, 0.6) is 11.5 Å². The molecule has 4 nitrogen and oxygen atoms in total. The normalized spacial score (nSPS) is 14.5. The minimum atomic E-state index is -0.134. The van der Waals surface area contributed by atoms with Gasteiger partial charge in [-0.2, -0.15) is 0 Å². The standard InChI is InChI=1S/C18H21ClN2O2/c1-12-6-5-7-16(20-12)18(2,3)11-21-10-13-15(23-21)9-8-14(19)17(13)22-4/h5-9H,10-11H2,1-4H3. The fourth-order valence-electron chi connectivity index (χ4n) is 2.91. The number of ether oxygens (including phenoxy) is 1. The van der Waals surface area contributed by atoms with Crippen LogP contribution < -0.4 is 9.57 Å². The first-order chi connectivity index (χ1) is 10.9. The molecule has 0 amide bonds. The van der Waals surface area contributed by atoms with E-state index in [9.17, 15) is 0 Å². The fraction of sp³-hybridized carbons (Fsp3) is 0.389. The van der Waals surface area contributed by atoms with Crippen molar-refractivity contribution in [3.8, 4) is 11.5 Å². The Bertz CT molecular complexity index is 731. The van der Waals surface area contributed by atoms with Crippen LogP contribution in [0.15, 0.2) is 30.3 Å². The third kappa shape index (κ3) is 3.14. The maximum atomic E-state index is 6.19. The molecule has 0 aliphatic carbocycles. The van der Waals surface area contributed by atoms with Crippen LogP contribution in [0.4, 0.5) is 0 Å². The summed E-state index contributed by atoms with van der Waals surface area (Å²) in [6.45, 7) is 7.72. The summed E-state index contributed by atoms with van der Waals surface area (Å²) in [7, 11) is 1.63. The Kier molecular flexibility index (Phi) is 4.21. The van der Waals surface area contributed by atoms with Crippen molar-refractivity contribution >= 4 is 11.6 Å². The number of pyridine rings is 1. The largest absolute Gasteiger partial charge is 0.495 e. The Morgan fingerprint density at radius 1 is 1.30 bits per heavy atom. The van der Waals surface area contributed by atoms with Gasteiger partial charge in [0.05, 0.1) is 24.2 Å². The van der Waals surface area contributed by atoms with E-state index < -0.39 is 0 Å². The van der Waals surface area contributed by atoms with Crippen LogP contribution in [-0.4, -0.2) is 23.7 Å². The number of aromatic nitrogens is 1. The topological polar surface area (TPSA) is 34.6 Å². The Balaban J connectivity index is 1.80. The Hall–Kier alpha value is -1.78. The molecule has 0 saturated heterocycles. The SMILES string of the molecule is COc1c(Cl)ccc2c1CN(CC(C)(C)c1cccc(C)n1)O2. The second kappa shape index (κ2) is 6.02. The van der Waals surface area contributed by atoms with Crippen molar-refractivity contribution in [1.82, 2.24) is 10.0 Å². The average molecular weight is 333 g/mol. The summed E-state index contributed by atoms with van der Waals surface area (Å²) in [5, 5.41) is 2.55. The van der Waals surface area contributed by atoms with Crippen molar-refractivity contribution in [3.05, 3.63) is 52.3 Å². The monoisotopic (exact) mass is 332 g/mol. The summed E-state index contributed by atoms with van der Waals surface area (Å²) < 4.78 is 5.42. The molecule has 2 heterocycles. The zero-order valence-electron chi connectivity index (χ0n) is 13.9. The van der Waals surface area contributed by atoms with Gasteiger partial charge >= 0.3 is 0 Å². The van der Waals surface area contributed by atoms with Crippen LogP contribution in [0.1, 0.15) is 30.8 Å². The lowest BCUT2D eigenvalue weighted by Crippen LogP contribution is -2.36. The number of halogens is 1. The van der Waals surface area contributed by atoms with E-state index in [1.54, 1.807) is 13.2 Å². The van der Waals surface area contributed by atoms with Gasteiger partial charge in [0.1, 0.15) is 5.75 Å². The lowest BCUT2D eigenvalue weighted by Gasteiger charge is -2.28. The molecule has 122 valence electrons. The number of benzene rings is 1. The van der Waals surface area contributed by atoms with E-state index in [2.05, 4.69) is 24.9 Å². The molecule has 0 N–H and O–H groups in total. The molecule has 0 spiro atoms. The van der Waals surface area contributed by atoms with Gasteiger partial charge in [-0.05, 0) is 31.2 Å². The van der Waals surface area contributed by atoms with Gasteiger partial charge in [0.15, 0.2) is 5.75 Å². The van der Waals surface area contributed by atoms with Crippen LogP contribution in [-0.2, 0) is 12.0 Å². The highest BCUT2D eigenvalue weighted by Crippen LogP contribution is 2.41. The zero-order valence-corrected chi connectivity index (χ0v) is 14.6. The number of nitrogens with zero attached hydrogens (tertiary/aromatic N) is 2. The minimum absolute atomic E-state index is 0.134. The summed E-state index contributed by atoms with van der Waals surface area (Å²) in [6.07, 6.45) is 0. The molecule has 3 rings (SSSR count). The predicted molar refractivity (Wildman–Crippen MR) is 91.0 cm³/mol. The molecule has 0 radical (unpaired) electrons. The van der Waals surface area contributed by atoms with Crippen LogP contribution in [0.25, 0.3) is 0 Å². The van der Waals surface area contributed by atoms with Crippen molar-refractivity contribution in [2.24, 2.45) is 0 Å². The van der Waals surface area contributed by atoms with Crippen molar-refractivity contribution in [2.45, 2.75) is 32.7 Å². The highest BCUT2D eigenvalue weighted by atomic mass is 35.5. The van der Waals surface area contributed by atoms with Crippen LogP contribution in [0, 0.1) is 6.92 Å². The van der Waals surface area contributed by atoms with E-state index in [1.807, 2.05) is 30.2 Å². The first-order valence-corrected chi connectivity index (χ1v) is 8.01. The molecule has 0 unspecified atom stereocenters. The Labute approximate surface area is 142 Å². The van der Waals surface area contributed by atoms with E-state index in [4.69, 9.17) is 21.2 Å². The number of rotatable bonds is 4. The molecular formula is C18H21ClN2O2. The second-order valence-electron chi connectivity index (χ2n) is 6.49. The molecule has 0 fully saturated rings. The number of aryl methyl sites for hydroxylation is 1. The zero-order chi connectivity index (χ0) is 16.6. The Morgan fingerprint density at radius 2 is 2.09 bits per heavy atom. The average Bonchev–Trinajstić information content (AvgIpc) is 2.89. The maximum absolute atomic E-state index is 6.19. The summed E-state index contributed by atoms with van der Waals surface area (Å²) in [5.41, 5.74) is 2.94. The molecule has 1 aromatic carbocycles. The molecule has 2 aromatic rings. The number of hydrogen-bond donors (Lipinski definition) is 0. The molecule has 0 bridgehead atoms. The lowest BCUT2D eigenvalue weighted by atomic mass is 9.88. The number of hydrogen-bond acceptors (Lipinski definition) is 4. The van der Waals surface area contributed by atoms with Gasteiger partial charge in [-0.1, -0.05) is 31.5 Å². The predicted octanol–water partition coefficient (Wildman–Crippen LogP) is 4.14. The smallest absolute Gasteiger partial charge is 0.155 e. The third-order valence-electron chi connectivity index (χ3n) is 4.09. The summed E-state index contributed by atoms with van der Waals surface area (Å²) in [6, 6.07) is 9.80. The van der Waals surface area contributed by atoms with Crippen LogP contribution in [0.2, 0.25) is 5.02 Å². The summed E-state index contributed by atoms with van der Waals surface area (Å²) in [4.78, 5) is 10.6. The highest BCUT2D eigenvalue weighted by Gasteiger charge is 2.32. The van der Waals surface area contributed by atoms with Gasteiger partial charge in [-0.25, -0.2) is 0 Å². The minimum Gasteiger partial charge on any atom is -0.495 e. The molecule has 5 heteroatoms. The van der Waals surface area contributed by atoms with Gasteiger partial charge in [-0.3, -0.25) is 4.98 Å². The van der Waals surface area contributed by atoms with Crippen molar-refractivity contribution in [3.63, 3.8) is 0 Å². The first-order valence-electron chi connectivity index (χ1n) is 7.63. The third-order valence-corrected chi connectivity index (χ3v) is 4.39. The van der Waals surface area contributed by atoms with Gasteiger partial charge in [0, 0.05) is 23.3 Å². The van der Waals surface area contributed by atoms with Gasteiger partial charge in [-0.15, -0.1) is 5.06 Å². The van der Waals surface area contributed by atoms with Crippen molar-refractivity contribution in [1.29, 1.82) is 0 Å². The Morgan fingerprint density at radius 3 is 2.78 bits per heavy atom. The molecule has 0 atom stereocenters. The first kappa shape index (κ1) is 16.1. The summed E-state index contributed by atoms with van der Waals surface area (Å²) >= 11 is 6.19. The highest BCUT2D eigenvalue weighted by molar-refractivity contribution is 6.32. The van der Waals surface area contributed by atoms with Crippen LogP contribution >= 0.6 is 11.6 Å². The maximum Gasteiger partial charge on any atom is 0.155 e. The number of hydroxylamine groups is 2. The molecule has 1 aromatic heterocycles. The molecule has 1 aliphatic heterocycles. The molecule has 0 saturated carbocycles. The van der Waals surface area contributed by atoms with E-state index in [0.717, 1.165) is 29.2 Å². The lowest BCUT2D eigenvalue weighted by molar-refractivity contribution is -0.0574. The van der Waals surface area contributed by atoms with Gasteiger partial charge in [0.25, 0.3) is 0 Å². The number of methoxy groups -OCH3 is 1. The van der Waals surface area contributed by atoms with Gasteiger partial charge < -0.3 is 9.57 Å². The van der Waals surface area contributed by atoms with Crippen molar-refractivity contribution < 1.29 is 9.57 Å².